The molecule has 1 saturated carbocycles. The van der Waals surface area contributed by atoms with Gasteiger partial charge in [-0.2, -0.15) is 0 Å². The highest BCUT2D eigenvalue weighted by molar-refractivity contribution is 4.88. The minimum Gasteiger partial charge on any atom is -0.269 e. The second-order valence-corrected chi connectivity index (χ2v) is 3.28. The van der Waals surface area contributed by atoms with Gasteiger partial charge in [0.2, 0.25) is 0 Å². The van der Waals surface area contributed by atoms with Crippen molar-refractivity contribution in [2.24, 2.45) is 11.8 Å². The summed E-state index contributed by atoms with van der Waals surface area (Å²) in [6.45, 7) is 1.13. The summed E-state index contributed by atoms with van der Waals surface area (Å²) < 4.78 is 0. The first-order chi connectivity index (χ1) is 4.38. The monoisotopic (exact) mass is 126 g/mol. The van der Waals surface area contributed by atoms with Crippen molar-refractivity contribution in [3.8, 4) is 0 Å². The number of hydrogen-bond donors (Lipinski definition) is 1. The average Bonchev–Trinajstić information content (AvgIpc) is 2.35. The van der Waals surface area contributed by atoms with E-state index in [9.17, 15) is 0 Å². The van der Waals surface area contributed by atoms with E-state index in [1.54, 1.807) is 0 Å². The summed E-state index contributed by atoms with van der Waals surface area (Å²) in [6, 6.07) is 0.755. The molecule has 0 bridgehead atoms. The van der Waals surface area contributed by atoms with Crippen LogP contribution in [-0.2, 0) is 0 Å². The van der Waals surface area contributed by atoms with Crippen LogP contribution in [0, 0.1) is 5.92 Å². The van der Waals surface area contributed by atoms with E-state index >= 15 is 0 Å². The molecule has 0 radical (unpaired) electrons. The molecule has 2 heteroatoms. The maximum atomic E-state index is 5.75. The Morgan fingerprint density at radius 1 is 1.22 bits per heavy atom. The van der Waals surface area contributed by atoms with Crippen molar-refractivity contribution in [2.75, 3.05) is 6.54 Å². The van der Waals surface area contributed by atoms with Crippen LogP contribution in [0.25, 0.3) is 0 Å². The molecule has 0 aromatic rings. The van der Waals surface area contributed by atoms with Crippen molar-refractivity contribution in [3.63, 3.8) is 0 Å². The highest BCUT2D eigenvalue weighted by Gasteiger charge is 2.35. The van der Waals surface area contributed by atoms with Gasteiger partial charge < -0.3 is 0 Å². The third kappa shape index (κ3) is 0.775. The van der Waals surface area contributed by atoms with Crippen LogP contribution in [0.15, 0.2) is 0 Å². The SMILES string of the molecule is NN1CCC2CCCC21. The molecule has 2 nitrogen and oxygen atoms in total. The van der Waals surface area contributed by atoms with E-state index in [4.69, 9.17) is 5.84 Å². The first-order valence-electron chi connectivity index (χ1n) is 3.89. The van der Waals surface area contributed by atoms with E-state index in [0.717, 1.165) is 18.5 Å². The topological polar surface area (TPSA) is 29.3 Å². The number of nitrogens with two attached hydrogens (primary N) is 1. The Morgan fingerprint density at radius 2 is 2.11 bits per heavy atom. The molecule has 1 saturated heterocycles. The summed E-state index contributed by atoms with van der Waals surface area (Å²) in [6.07, 6.45) is 5.53. The standard InChI is InChI=1S/C7H14N2/c8-9-5-4-6-2-1-3-7(6)9/h6-7H,1-5,8H2. The second kappa shape index (κ2) is 1.96. The number of hydrogen-bond acceptors (Lipinski definition) is 2. The molecule has 0 aromatic heterocycles. The lowest BCUT2D eigenvalue weighted by Crippen LogP contribution is -2.36. The van der Waals surface area contributed by atoms with E-state index in [-0.39, 0.29) is 0 Å². The predicted octanol–water partition coefficient (Wildman–Crippen LogP) is 0.734. The molecule has 0 spiro atoms. The minimum absolute atomic E-state index is 0.755. The van der Waals surface area contributed by atoms with Gasteiger partial charge in [0.1, 0.15) is 0 Å². The fraction of sp³-hybridized carbons (Fsp3) is 1.00. The highest BCUT2D eigenvalue weighted by atomic mass is 15.4. The van der Waals surface area contributed by atoms with Gasteiger partial charge >= 0.3 is 0 Å². The molecule has 52 valence electrons. The van der Waals surface area contributed by atoms with Gasteiger partial charge in [0.25, 0.3) is 0 Å². The summed E-state index contributed by atoms with van der Waals surface area (Å²) in [4.78, 5) is 0. The Bertz CT molecular complexity index is 113. The smallest absolute Gasteiger partial charge is 0.0269 e. The van der Waals surface area contributed by atoms with Gasteiger partial charge in [0.05, 0.1) is 0 Å². The average molecular weight is 126 g/mol. The third-order valence-corrected chi connectivity index (χ3v) is 2.80. The molecule has 2 fully saturated rings. The molecule has 0 aromatic carbocycles. The molecule has 2 aliphatic rings. The first-order valence-corrected chi connectivity index (χ1v) is 3.89. The van der Waals surface area contributed by atoms with Gasteiger partial charge in [-0.1, -0.05) is 6.42 Å². The Morgan fingerprint density at radius 3 is 2.89 bits per heavy atom. The second-order valence-electron chi connectivity index (χ2n) is 3.28. The number of hydrazine groups is 1. The maximum Gasteiger partial charge on any atom is 0.0269 e. The van der Waals surface area contributed by atoms with Crippen LogP contribution in [-0.4, -0.2) is 17.6 Å². The summed E-state index contributed by atoms with van der Waals surface area (Å²) >= 11 is 0. The third-order valence-electron chi connectivity index (χ3n) is 2.80. The zero-order valence-corrected chi connectivity index (χ0v) is 5.71. The molecule has 2 atom stereocenters. The van der Waals surface area contributed by atoms with Gasteiger partial charge in [-0.25, -0.2) is 5.01 Å². The fourth-order valence-corrected chi connectivity index (χ4v) is 2.27. The quantitative estimate of drug-likeness (QED) is 0.485. The Labute approximate surface area is 56.0 Å². The molecular weight excluding hydrogens is 112 g/mol. The van der Waals surface area contributed by atoms with E-state index in [0.29, 0.717) is 0 Å². The molecular formula is C7H14N2. The lowest BCUT2D eigenvalue weighted by molar-refractivity contribution is 0.248. The summed E-state index contributed by atoms with van der Waals surface area (Å²) in [7, 11) is 0. The molecule has 9 heavy (non-hydrogen) atoms. The van der Waals surface area contributed by atoms with Crippen LogP contribution in [0.3, 0.4) is 0 Å². The normalized spacial score (nSPS) is 43.7. The van der Waals surface area contributed by atoms with Crippen molar-refractivity contribution >= 4 is 0 Å². The van der Waals surface area contributed by atoms with Gasteiger partial charge in [-0.15, -0.1) is 0 Å². The van der Waals surface area contributed by atoms with Crippen LogP contribution in [0.4, 0.5) is 0 Å². The lowest BCUT2D eigenvalue weighted by Gasteiger charge is -2.16. The summed E-state index contributed by atoms with van der Waals surface area (Å²) in [5.74, 6) is 6.71. The van der Waals surface area contributed by atoms with Crippen molar-refractivity contribution in [3.05, 3.63) is 0 Å². The summed E-state index contributed by atoms with van der Waals surface area (Å²) in [5, 5.41) is 2.04. The van der Waals surface area contributed by atoms with Crippen molar-refractivity contribution in [1.82, 2.24) is 5.01 Å². The Kier molecular flexibility index (Phi) is 1.24. The van der Waals surface area contributed by atoms with Crippen LogP contribution >= 0.6 is 0 Å². The highest BCUT2D eigenvalue weighted by Crippen LogP contribution is 2.35. The van der Waals surface area contributed by atoms with Crippen molar-refractivity contribution in [1.29, 1.82) is 0 Å². The molecule has 1 heterocycles. The zero-order chi connectivity index (χ0) is 6.27. The largest absolute Gasteiger partial charge is 0.269 e. The van der Waals surface area contributed by atoms with Crippen molar-refractivity contribution in [2.45, 2.75) is 31.7 Å². The van der Waals surface area contributed by atoms with E-state index in [1.807, 2.05) is 5.01 Å². The minimum atomic E-state index is 0.755. The van der Waals surface area contributed by atoms with E-state index in [2.05, 4.69) is 0 Å². The van der Waals surface area contributed by atoms with Crippen LogP contribution < -0.4 is 5.84 Å². The Balaban J connectivity index is 2.07. The molecule has 2 rings (SSSR count). The Hall–Kier alpha value is -0.0800. The van der Waals surface area contributed by atoms with Gasteiger partial charge in [-0.05, 0) is 25.2 Å². The fourth-order valence-electron chi connectivity index (χ4n) is 2.27. The molecule has 0 amide bonds. The van der Waals surface area contributed by atoms with Gasteiger partial charge in [-0.3, -0.25) is 5.84 Å². The van der Waals surface area contributed by atoms with Gasteiger partial charge in [0.15, 0.2) is 0 Å². The maximum absolute atomic E-state index is 5.75. The first kappa shape index (κ1) is 5.69. The van der Waals surface area contributed by atoms with Gasteiger partial charge in [0, 0.05) is 12.6 Å². The number of nitrogens with zero attached hydrogens (tertiary/aromatic N) is 1. The molecule has 2 unspecified atom stereocenters. The molecule has 2 N–H and O–H groups in total. The predicted molar refractivity (Wildman–Crippen MR) is 36.6 cm³/mol. The zero-order valence-electron chi connectivity index (χ0n) is 5.71. The van der Waals surface area contributed by atoms with Crippen LogP contribution in [0.1, 0.15) is 25.7 Å². The molecule has 1 aliphatic heterocycles. The van der Waals surface area contributed by atoms with E-state index in [1.165, 1.54) is 25.7 Å². The number of fused-ring (bicyclic) bond motifs is 1. The van der Waals surface area contributed by atoms with Crippen LogP contribution in [0.2, 0.25) is 0 Å². The lowest BCUT2D eigenvalue weighted by atomic mass is 10.1. The van der Waals surface area contributed by atoms with Crippen molar-refractivity contribution < 1.29 is 0 Å². The molecule has 1 aliphatic carbocycles. The number of rotatable bonds is 0. The van der Waals surface area contributed by atoms with Crippen LogP contribution in [0.5, 0.6) is 0 Å². The van der Waals surface area contributed by atoms with E-state index < -0.39 is 0 Å². The summed E-state index contributed by atoms with van der Waals surface area (Å²) in [5.41, 5.74) is 0.